The number of carbonyl (C=O) groups is 1. The van der Waals surface area contributed by atoms with Gasteiger partial charge in [-0.3, -0.25) is 4.79 Å². The summed E-state index contributed by atoms with van der Waals surface area (Å²) in [6.07, 6.45) is 10.6. The highest BCUT2D eigenvalue weighted by Crippen LogP contribution is 2.51. The maximum absolute atomic E-state index is 12.7. The lowest BCUT2D eigenvalue weighted by molar-refractivity contribution is -0.133. The summed E-state index contributed by atoms with van der Waals surface area (Å²) in [6.45, 7) is 3.96. The van der Waals surface area contributed by atoms with Gasteiger partial charge in [0.1, 0.15) is 5.41 Å². The second-order valence-corrected chi connectivity index (χ2v) is 8.13. The molecule has 0 aromatic carbocycles. The van der Waals surface area contributed by atoms with Crippen molar-refractivity contribution in [2.45, 2.75) is 89.8 Å². The third-order valence-corrected chi connectivity index (χ3v) is 6.12. The van der Waals surface area contributed by atoms with Crippen molar-refractivity contribution in [3.63, 3.8) is 0 Å². The van der Waals surface area contributed by atoms with Crippen molar-refractivity contribution in [1.29, 1.82) is 5.26 Å². The van der Waals surface area contributed by atoms with Gasteiger partial charge in [0.2, 0.25) is 0 Å². The lowest BCUT2D eigenvalue weighted by atomic mass is 9.77. The quantitative estimate of drug-likeness (QED) is 0.767. The van der Waals surface area contributed by atoms with Crippen LogP contribution in [0.1, 0.15) is 78.1 Å². The van der Waals surface area contributed by atoms with E-state index in [2.05, 4.69) is 6.07 Å². The number of ketones is 1. The second-order valence-electron chi connectivity index (χ2n) is 8.13. The van der Waals surface area contributed by atoms with Crippen molar-refractivity contribution < 1.29 is 9.53 Å². The zero-order valence-electron chi connectivity index (χ0n) is 13.4. The Balaban J connectivity index is 1.69. The van der Waals surface area contributed by atoms with Crippen molar-refractivity contribution in [3.05, 3.63) is 0 Å². The Morgan fingerprint density at radius 2 is 1.86 bits per heavy atom. The van der Waals surface area contributed by atoms with E-state index in [9.17, 15) is 10.1 Å². The summed E-state index contributed by atoms with van der Waals surface area (Å²) < 4.78 is 6.39. The standard InChI is InChI=1S/C18H27NO2/c1-16(2)10-11-17(13-19,15(16)20)12-14-6-9-18(21-14)7-4-3-5-8-18/h14H,3-12H2,1-2H3. The maximum atomic E-state index is 12.7. The molecule has 3 rings (SSSR count). The largest absolute Gasteiger partial charge is 0.372 e. The van der Waals surface area contributed by atoms with Crippen LogP contribution >= 0.6 is 0 Å². The first kappa shape index (κ1) is 15.0. The molecule has 116 valence electrons. The monoisotopic (exact) mass is 289 g/mol. The van der Waals surface area contributed by atoms with Crippen LogP contribution in [0.15, 0.2) is 0 Å². The van der Waals surface area contributed by atoms with Crippen LogP contribution in [0, 0.1) is 22.2 Å². The van der Waals surface area contributed by atoms with Gasteiger partial charge in [-0.05, 0) is 44.9 Å². The van der Waals surface area contributed by atoms with E-state index in [1.807, 2.05) is 13.8 Å². The zero-order chi connectivity index (χ0) is 15.1. The third kappa shape index (κ3) is 2.52. The SMILES string of the molecule is CC1(C)CCC(C#N)(CC2CCC3(CCCCC3)O2)C1=O. The fourth-order valence-corrected chi connectivity index (χ4v) is 4.74. The van der Waals surface area contributed by atoms with E-state index in [0.29, 0.717) is 12.8 Å². The summed E-state index contributed by atoms with van der Waals surface area (Å²) in [6, 6.07) is 2.37. The molecule has 3 aliphatic rings. The van der Waals surface area contributed by atoms with E-state index >= 15 is 0 Å². The molecular formula is C18H27NO2. The van der Waals surface area contributed by atoms with Gasteiger partial charge in [0.15, 0.2) is 5.78 Å². The molecule has 2 atom stereocenters. The number of hydrogen-bond acceptors (Lipinski definition) is 3. The molecule has 0 aromatic rings. The average molecular weight is 289 g/mol. The first-order valence-corrected chi connectivity index (χ1v) is 8.56. The molecule has 0 N–H and O–H groups in total. The van der Waals surface area contributed by atoms with E-state index < -0.39 is 5.41 Å². The molecule has 1 heterocycles. The summed E-state index contributed by atoms with van der Waals surface area (Å²) in [4.78, 5) is 12.7. The van der Waals surface area contributed by atoms with Crippen LogP contribution in [0.4, 0.5) is 0 Å². The molecular weight excluding hydrogens is 262 g/mol. The number of nitriles is 1. The van der Waals surface area contributed by atoms with Crippen LogP contribution < -0.4 is 0 Å². The first-order chi connectivity index (χ1) is 9.91. The van der Waals surface area contributed by atoms with Crippen LogP contribution in [0.3, 0.4) is 0 Å². The number of rotatable bonds is 2. The number of nitrogens with zero attached hydrogens (tertiary/aromatic N) is 1. The van der Waals surface area contributed by atoms with Gasteiger partial charge >= 0.3 is 0 Å². The summed E-state index contributed by atoms with van der Waals surface area (Å²) in [5, 5.41) is 9.65. The molecule has 21 heavy (non-hydrogen) atoms. The summed E-state index contributed by atoms with van der Waals surface area (Å²) in [5.74, 6) is 0.144. The molecule has 3 fully saturated rings. The lowest BCUT2D eigenvalue weighted by Crippen LogP contribution is -2.36. The zero-order valence-corrected chi connectivity index (χ0v) is 13.4. The van der Waals surface area contributed by atoms with E-state index in [1.165, 1.54) is 32.1 Å². The molecule has 2 saturated carbocycles. The predicted molar refractivity (Wildman–Crippen MR) is 80.6 cm³/mol. The molecule has 2 aliphatic carbocycles. The second kappa shape index (κ2) is 5.09. The smallest absolute Gasteiger partial charge is 0.158 e. The molecule has 1 spiro atoms. The summed E-state index contributed by atoms with van der Waals surface area (Å²) in [5.41, 5.74) is -1.04. The first-order valence-electron chi connectivity index (χ1n) is 8.56. The number of Topliss-reactive ketones (excluding diaryl/α,β-unsaturated/α-hetero) is 1. The van der Waals surface area contributed by atoms with Crippen LogP contribution in [0.25, 0.3) is 0 Å². The highest BCUT2D eigenvalue weighted by atomic mass is 16.5. The lowest BCUT2D eigenvalue weighted by Gasteiger charge is -2.34. The minimum absolute atomic E-state index is 0.0801. The van der Waals surface area contributed by atoms with E-state index in [1.54, 1.807) is 0 Å². The van der Waals surface area contributed by atoms with Crippen LogP contribution in [0.5, 0.6) is 0 Å². The fraction of sp³-hybridized carbons (Fsp3) is 0.889. The molecule has 0 radical (unpaired) electrons. The van der Waals surface area contributed by atoms with Crippen molar-refractivity contribution in [3.8, 4) is 6.07 Å². The number of ether oxygens (including phenoxy) is 1. The fourth-order valence-electron chi connectivity index (χ4n) is 4.74. The van der Waals surface area contributed by atoms with Gasteiger partial charge in [-0.2, -0.15) is 5.26 Å². The van der Waals surface area contributed by atoms with Gasteiger partial charge in [-0.15, -0.1) is 0 Å². The molecule has 3 heteroatoms. The van der Waals surface area contributed by atoms with E-state index in [4.69, 9.17) is 4.74 Å². The Labute approximate surface area is 128 Å². The van der Waals surface area contributed by atoms with Crippen molar-refractivity contribution in [1.82, 2.24) is 0 Å². The molecule has 3 nitrogen and oxygen atoms in total. The van der Waals surface area contributed by atoms with E-state index in [0.717, 1.165) is 19.3 Å². The Morgan fingerprint density at radius 1 is 1.14 bits per heavy atom. The normalized spacial score (nSPS) is 37.8. The maximum Gasteiger partial charge on any atom is 0.158 e. The Bertz CT molecular complexity index is 470. The van der Waals surface area contributed by atoms with Gasteiger partial charge in [-0.25, -0.2) is 0 Å². The average Bonchev–Trinajstić information content (AvgIpc) is 2.95. The highest BCUT2D eigenvalue weighted by molar-refractivity contribution is 5.94. The summed E-state index contributed by atoms with van der Waals surface area (Å²) >= 11 is 0. The molecule has 0 bridgehead atoms. The number of carbonyl (C=O) groups excluding carboxylic acids is 1. The Morgan fingerprint density at radius 3 is 2.43 bits per heavy atom. The van der Waals surface area contributed by atoms with Gasteiger partial charge in [0.25, 0.3) is 0 Å². The molecule has 0 amide bonds. The van der Waals surface area contributed by atoms with Crippen molar-refractivity contribution in [2.75, 3.05) is 0 Å². The van der Waals surface area contributed by atoms with Crippen LogP contribution in [-0.4, -0.2) is 17.5 Å². The van der Waals surface area contributed by atoms with Gasteiger partial charge in [-0.1, -0.05) is 33.1 Å². The summed E-state index contributed by atoms with van der Waals surface area (Å²) in [7, 11) is 0. The van der Waals surface area contributed by atoms with Crippen LogP contribution in [-0.2, 0) is 9.53 Å². The third-order valence-electron chi connectivity index (χ3n) is 6.12. The topological polar surface area (TPSA) is 50.1 Å². The molecule has 1 aliphatic heterocycles. The minimum atomic E-state index is -0.783. The number of hydrogen-bond donors (Lipinski definition) is 0. The van der Waals surface area contributed by atoms with Crippen molar-refractivity contribution >= 4 is 5.78 Å². The van der Waals surface area contributed by atoms with Crippen molar-refractivity contribution in [2.24, 2.45) is 10.8 Å². The predicted octanol–water partition coefficient (Wildman–Crippen LogP) is 4.16. The van der Waals surface area contributed by atoms with Gasteiger partial charge < -0.3 is 4.74 Å². The molecule has 2 unspecified atom stereocenters. The minimum Gasteiger partial charge on any atom is -0.372 e. The highest BCUT2D eigenvalue weighted by Gasteiger charge is 2.54. The van der Waals surface area contributed by atoms with Gasteiger partial charge in [0.05, 0.1) is 17.8 Å². The molecule has 0 aromatic heterocycles. The Kier molecular flexibility index (Phi) is 3.64. The molecule has 1 saturated heterocycles. The van der Waals surface area contributed by atoms with E-state index in [-0.39, 0.29) is 22.9 Å². The van der Waals surface area contributed by atoms with Crippen LogP contribution in [0.2, 0.25) is 0 Å². The Hall–Kier alpha value is -0.880. The van der Waals surface area contributed by atoms with Gasteiger partial charge in [0, 0.05) is 5.41 Å².